The second kappa shape index (κ2) is 4.47. The number of hydrazine groups is 3. The van der Waals surface area contributed by atoms with E-state index in [2.05, 4.69) is 11.3 Å². The molecule has 0 aliphatic rings. The molecule has 0 aromatic heterocycles. The van der Waals surface area contributed by atoms with Crippen molar-refractivity contribution in [3.05, 3.63) is 0 Å². The molecule has 0 aliphatic carbocycles. The van der Waals surface area contributed by atoms with E-state index in [9.17, 15) is 9.59 Å². The molecule has 0 unspecified atom stereocenters. The van der Waals surface area contributed by atoms with Crippen LogP contribution in [-0.2, 0) is 4.79 Å². The van der Waals surface area contributed by atoms with Gasteiger partial charge in [0.1, 0.15) is 0 Å². The Labute approximate surface area is 63.6 Å². The van der Waals surface area contributed by atoms with Gasteiger partial charge in [-0.05, 0) is 0 Å². The summed E-state index contributed by atoms with van der Waals surface area (Å²) in [7, 11) is 0. The molecular formula is C4H11N5O2. The maximum atomic E-state index is 10.7. The van der Waals surface area contributed by atoms with Crippen molar-refractivity contribution in [1.82, 2.24) is 16.1 Å². The number of hydrogen-bond acceptors (Lipinski definition) is 4. The standard InChI is InChI=1S/C4H11N5O2/c1-2-3(10)9(6)8-7-4(5)11/h8H,2,6H2,1H3,(H3,5,7,11). The zero-order valence-corrected chi connectivity index (χ0v) is 6.13. The van der Waals surface area contributed by atoms with E-state index in [1.807, 2.05) is 5.43 Å². The van der Waals surface area contributed by atoms with Crippen molar-refractivity contribution in [3.63, 3.8) is 0 Å². The van der Waals surface area contributed by atoms with Gasteiger partial charge in [0, 0.05) is 6.42 Å². The van der Waals surface area contributed by atoms with Crippen molar-refractivity contribution in [2.75, 3.05) is 0 Å². The average molecular weight is 161 g/mol. The summed E-state index contributed by atoms with van der Waals surface area (Å²) < 4.78 is 0. The molecule has 0 spiro atoms. The van der Waals surface area contributed by atoms with E-state index in [1.165, 1.54) is 0 Å². The van der Waals surface area contributed by atoms with Crippen LogP contribution in [0.15, 0.2) is 0 Å². The number of amides is 3. The van der Waals surface area contributed by atoms with Gasteiger partial charge in [-0.25, -0.2) is 10.6 Å². The van der Waals surface area contributed by atoms with Gasteiger partial charge in [0.15, 0.2) is 0 Å². The molecule has 0 saturated carbocycles. The van der Waals surface area contributed by atoms with E-state index in [0.29, 0.717) is 5.12 Å². The van der Waals surface area contributed by atoms with Crippen LogP contribution in [0.5, 0.6) is 0 Å². The third-order valence-electron chi connectivity index (χ3n) is 0.871. The van der Waals surface area contributed by atoms with Crippen molar-refractivity contribution in [2.24, 2.45) is 11.6 Å². The van der Waals surface area contributed by atoms with Gasteiger partial charge in [-0.3, -0.25) is 10.2 Å². The Morgan fingerprint density at radius 1 is 1.55 bits per heavy atom. The zero-order chi connectivity index (χ0) is 8.85. The van der Waals surface area contributed by atoms with E-state index in [0.717, 1.165) is 0 Å². The summed E-state index contributed by atoms with van der Waals surface area (Å²) in [6, 6.07) is -0.815. The predicted octanol–water partition coefficient (Wildman–Crippen LogP) is -1.81. The quantitative estimate of drug-likeness (QED) is 0.222. The second-order valence-corrected chi connectivity index (χ2v) is 1.72. The van der Waals surface area contributed by atoms with Crippen molar-refractivity contribution in [3.8, 4) is 0 Å². The summed E-state index contributed by atoms with van der Waals surface area (Å²) in [5.74, 6) is 4.72. The lowest BCUT2D eigenvalue weighted by molar-refractivity contribution is -0.135. The Bertz CT molecular complexity index is 159. The first-order chi connectivity index (χ1) is 5.07. The van der Waals surface area contributed by atoms with Crippen molar-refractivity contribution < 1.29 is 9.59 Å². The van der Waals surface area contributed by atoms with E-state index >= 15 is 0 Å². The minimum absolute atomic E-state index is 0.240. The maximum absolute atomic E-state index is 10.7. The molecule has 64 valence electrons. The summed E-state index contributed by atoms with van der Waals surface area (Å²) in [4.78, 5) is 20.7. The van der Waals surface area contributed by atoms with Crippen LogP contribution in [0, 0.1) is 0 Å². The molecule has 0 aromatic rings. The molecule has 0 bridgehead atoms. The van der Waals surface area contributed by atoms with Gasteiger partial charge in [0.2, 0.25) is 0 Å². The van der Waals surface area contributed by atoms with E-state index < -0.39 is 6.03 Å². The van der Waals surface area contributed by atoms with Crippen LogP contribution < -0.4 is 22.5 Å². The number of nitrogens with one attached hydrogen (secondary N) is 2. The summed E-state index contributed by atoms with van der Waals surface area (Å²) in [6.07, 6.45) is 0.240. The number of primary amides is 1. The monoisotopic (exact) mass is 161 g/mol. The first kappa shape index (κ1) is 9.66. The SMILES string of the molecule is CCC(=O)N(N)NNC(N)=O. The van der Waals surface area contributed by atoms with Gasteiger partial charge in [-0.15, -0.1) is 5.53 Å². The van der Waals surface area contributed by atoms with Gasteiger partial charge in [-0.2, -0.15) is 5.12 Å². The fourth-order valence-corrected chi connectivity index (χ4v) is 0.348. The number of hydrogen-bond donors (Lipinski definition) is 4. The fourth-order valence-electron chi connectivity index (χ4n) is 0.348. The van der Waals surface area contributed by atoms with E-state index in [1.54, 1.807) is 6.92 Å². The minimum atomic E-state index is -0.815. The molecule has 0 rings (SSSR count). The molecule has 0 atom stereocenters. The molecule has 6 N–H and O–H groups in total. The molecule has 0 fully saturated rings. The lowest BCUT2D eigenvalue weighted by atomic mass is 10.5. The number of urea groups is 1. The highest BCUT2D eigenvalue weighted by Gasteiger charge is 2.04. The number of rotatable bonds is 3. The Hall–Kier alpha value is -1.34. The lowest BCUT2D eigenvalue weighted by Gasteiger charge is -2.15. The van der Waals surface area contributed by atoms with E-state index in [4.69, 9.17) is 5.84 Å². The smallest absolute Gasteiger partial charge is 0.327 e. The Morgan fingerprint density at radius 3 is 2.45 bits per heavy atom. The summed E-state index contributed by atoms with van der Waals surface area (Å²) >= 11 is 0. The van der Waals surface area contributed by atoms with E-state index in [-0.39, 0.29) is 12.3 Å². The molecule has 0 radical (unpaired) electrons. The van der Waals surface area contributed by atoms with Crippen molar-refractivity contribution in [2.45, 2.75) is 13.3 Å². The summed E-state index contributed by atoms with van der Waals surface area (Å²) in [6.45, 7) is 1.63. The van der Waals surface area contributed by atoms with Gasteiger partial charge >= 0.3 is 6.03 Å². The Balaban J connectivity index is 3.60. The first-order valence-electron chi connectivity index (χ1n) is 2.96. The van der Waals surface area contributed by atoms with Crippen LogP contribution in [0.1, 0.15) is 13.3 Å². The van der Waals surface area contributed by atoms with Crippen LogP contribution in [0.2, 0.25) is 0 Å². The molecule has 0 aromatic carbocycles. The highest BCUT2D eigenvalue weighted by Crippen LogP contribution is 1.78. The summed E-state index contributed by atoms with van der Waals surface area (Å²) in [5, 5.41) is 0.644. The van der Waals surface area contributed by atoms with Crippen LogP contribution in [0.25, 0.3) is 0 Å². The zero-order valence-electron chi connectivity index (χ0n) is 6.13. The topological polar surface area (TPSA) is 113 Å². The minimum Gasteiger partial charge on any atom is -0.351 e. The molecule has 0 aliphatic heterocycles. The lowest BCUT2D eigenvalue weighted by Crippen LogP contribution is -2.56. The van der Waals surface area contributed by atoms with Crippen LogP contribution in [0.3, 0.4) is 0 Å². The Morgan fingerprint density at radius 2 is 2.09 bits per heavy atom. The molecule has 7 nitrogen and oxygen atoms in total. The number of carbonyl (C=O) groups excluding carboxylic acids is 2. The highest BCUT2D eigenvalue weighted by molar-refractivity contribution is 5.75. The largest absolute Gasteiger partial charge is 0.351 e. The van der Waals surface area contributed by atoms with Crippen LogP contribution >= 0.6 is 0 Å². The first-order valence-corrected chi connectivity index (χ1v) is 2.96. The highest BCUT2D eigenvalue weighted by atomic mass is 16.2. The predicted molar refractivity (Wildman–Crippen MR) is 37.2 cm³/mol. The summed E-state index contributed by atoms with van der Waals surface area (Å²) in [5.41, 5.74) is 8.68. The Kier molecular flexibility index (Phi) is 3.93. The molecule has 11 heavy (non-hydrogen) atoms. The third kappa shape index (κ3) is 4.12. The van der Waals surface area contributed by atoms with Crippen LogP contribution in [0.4, 0.5) is 4.79 Å². The normalized spacial score (nSPS) is 8.91. The fraction of sp³-hybridized carbons (Fsp3) is 0.500. The molecular weight excluding hydrogens is 150 g/mol. The number of nitrogens with zero attached hydrogens (tertiary/aromatic N) is 1. The van der Waals surface area contributed by atoms with Gasteiger partial charge in [-0.1, -0.05) is 6.92 Å². The average Bonchev–Trinajstić information content (AvgIpc) is 1.98. The molecule has 3 amide bonds. The second-order valence-electron chi connectivity index (χ2n) is 1.72. The molecule has 0 heterocycles. The van der Waals surface area contributed by atoms with Crippen molar-refractivity contribution >= 4 is 11.9 Å². The maximum Gasteiger partial charge on any atom is 0.327 e. The number of nitrogens with two attached hydrogens (primary N) is 2. The number of carbonyl (C=O) groups is 2. The van der Waals surface area contributed by atoms with Crippen molar-refractivity contribution in [1.29, 1.82) is 0 Å². The van der Waals surface area contributed by atoms with Gasteiger partial charge in [0.25, 0.3) is 5.91 Å². The molecule has 7 heteroatoms. The molecule has 0 saturated heterocycles. The van der Waals surface area contributed by atoms with Gasteiger partial charge < -0.3 is 5.73 Å². The van der Waals surface area contributed by atoms with Gasteiger partial charge in [0.05, 0.1) is 0 Å². The van der Waals surface area contributed by atoms with Crippen LogP contribution in [-0.4, -0.2) is 17.1 Å². The third-order valence-corrected chi connectivity index (χ3v) is 0.871.